The number of halogens is 2. The van der Waals surface area contributed by atoms with Crippen molar-refractivity contribution >= 4 is 45.2 Å². The molecule has 0 heterocycles. The summed E-state index contributed by atoms with van der Waals surface area (Å²) in [5.41, 5.74) is 5.28. The fourth-order valence-electron chi connectivity index (χ4n) is 3.29. The third-order valence-corrected chi connectivity index (χ3v) is 6.33. The SMILES string of the molecule is COc1cc(/C=C(\C#N)C(=O)Nc2cccc(C)c2C)cc(Br)c1Cc1ccccc1Cl. The predicted octanol–water partition coefficient (Wildman–Crippen LogP) is 6.86. The molecule has 3 aromatic carbocycles. The Morgan fingerprint density at radius 2 is 1.94 bits per heavy atom. The summed E-state index contributed by atoms with van der Waals surface area (Å²) in [7, 11) is 1.59. The van der Waals surface area contributed by atoms with E-state index in [2.05, 4.69) is 21.2 Å². The zero-order valence-corrected chi connectivity index (χ0v) is 20.3. The number of rotatable bonds is 6. The minimum Gasteiger partial charge on any atom is -0.496 e. The highest BCUT2D eigenvalue weighted by Gasteiger charge is 2.15. The Bertz CT molecular complexity index is 1250. The van der Waals surface area contributed by atoms with Crippen molar-refractivity contribution in [1.29, 1.82) is 5.26 Å². The summed E-state index contributed by atoms with van der Waals surface area (Å²) < 4.78 is 6.39. The number of aryl methyl sites for hydroxylation is 1. The fourth-order valence-corrected chi connectivity index (χ4v) is 4.09. The van der Waals surface area contributed by atoms with Gasteiger partial charge in [0.2, 0.25) is 0 Å². The van der Waals surface area contributed by atoms with E-state index in [0.717, 1.165) is 26.7 Å². The van der Waals surface area contributed by atoms with Gasteiger partial charge in [-0.3, -0.25) is 4.79 Å². The van der Waals surface area contributed by atoms with E-state index in [4.69, 9.17) is 16.3 Å². The Hall–Kier alpha value is -3.07. The third kappa shape index (κ3) is 5.40. The van der Waals surface area contributed by atoms with Gasteiger partial charge in [0.1, 0.15) is 17.4 Å². The number of carbonyl (C=O) groups excluding carboxylic acids is 1. The lowest BCUT2D eigenvalue weighted by Crippen LogP contribution is -2.14. The molecule has 0 saturated heterocycles. The van der Waals surface area contributed by atoms with Crippen molar-refractivity contribution in [3.8, 4) is 11.8 Å². The van der Waals surface area contributed by atoms with Crippen LogP contribution in [0.25, 0.3) is 6.08 Å². The molecule has 0 spiro atoms. The maximum atomic E-state index is 12.7. The average molecular weight is 510 g/mol. The molecule has 3 rings (SSSR count). The topological polar surface area (TPSA) is 62.1 Å². The Labute approximate surface area is 201 Å². The zero-order chi connectivity index (χ0) is 23.3. The van der Waals surface area contributed by atoms with Crippen LogP contribution in [-0.4, -0.2) is 13.0 Å². The summed E-state index contributed by atoms with van der Waals surface area (Å²) in [4.78, 5) is 12.7. The van der Waals surface area contributed by atoms with Crippen molar-refractivity contribution in [2.45, 2.75) is 20.3 Å². The molecule has 0 unspecified atom stereocenters. The van der Waals surface area contributed by atoms with E-state index < -0.39 is 5.91 Å². The number of amides is 1. The highest BCUT2D eigenvalue weighted by Crippen LogP contribution is 2.33. The van der Waals surface area contributed by atoms with Crippen LogP contribution in [0.2, 0.25) is 5.02 Å². The molecule has 0 saturated carbocycles. The Morgan fingerprint density at radius 1 is 1.19 bits per heavy atom. The van der Waals surface area contributed by atoms with Gasteiger partial charge in [0, 0.05) is 27.2 Å². The van der Waals surface area contributed by atoms with Crippen LogP contribution in [-0.2, 0) is 11.2 Å². The van der Waals surface area contributed by atoms with Crippen LogP contribution >= 0.6 is 27.5 Å². The summed E-state index contributed by atoms with van der Waals surface area (Å²) in [6.07, 6.45) is 2.12. The van der Waals surface area contributed by atoms with Crippen LogP contribution in [0.3, 0.4) is 0 Å². The normalized spacial score (nSPS) is 11.1. The van der Waals surface area contributed by atoms with Gasteiger partial charge in [0.25, 0.3) is 5.91 Å². The number of hydrogen-bond acceptors (Lipinski definition) is 3. The quantitative estimate of drug-likeness (QED) is 0.291. The molecule has 0 radical (unpaired) electrons. The Kier molecular flexibility index (Phi) is 7.74. The monoisotopic (exact) mass is 508 g/mol. The second kappa shape index (κ2) is 10.5. The summed E-state index contributed by atoms with van der Waals surface area (Å²) in [6, 6.07) is 19.0. The number of benzene rings is 3. The molecule has 0 atom stereocenters. The highest BCUT2D eigenvalue weighted by atomic mass is 79.9. The first-order valence-corrected chi connectivity index (χ1v) is 11.1. The molecule has 32 heavy (non-hydrogen) atoms. The van der Waals surface area contributed by atoms with Gasteiger partial charge in [-0.2, -0.15) is 5.26 Å². The lowest BCUT2D eigenvalue weighted by atomic mass is 10.0. The van der Waals surface area contributed by atoms with E-state index in [0.29, 0.717) is 28.4 Å². The molecule has 0 aromatic heterocycles. The van der Waals surface area contributed by atoms with Crippen LogP contribution < -0.4 is 10.1 Å². The first kappa shape index (κ1) is 23.6. The molecule has 0 fully saturated rings. The molecule has 1 N–H and O–H groups in total. The molecule has 1 amide bonds. The van der Waals surface area contributed by atoms with Crippen molar-refractivity contribution in [3.05, 3.63) is 97.5 Å². The van der Waals surface area contributed by atoms with Crippen LogP contribution in [0.5, 0.6) is 5.75 Å². The number of nitrogens with one attached hydrogen (secondary N) is 1. The summed E-state index contributed by atoms with van der Waals surface area (Å²) in [5, 5.41) is 13.1. The molecule has 0 bridgehead atoms. The number of anilines is 1. The van der Waals surface area contributed by atoms with Crippen LogP contribution in [0, 0.1) is 25.2 Å². The average Bonchev–Trinajstić information content (AvgIpc) is 2.77. The standard InChI is InChI=1S/C26H22BrClN2O2/c1-16-7-6-10-24(17(16)2)30-26(31)20(15-29)11-18-12-22(27)21(25(13-18)32-3)14-19-8-4-5-9-23(19)28/h4-13H,14H2,1-3H3,(H,30,31)/b20-11+. The number of carbonyl (C=O) groups is 1. The number of nitriles is 1. The lowest BCUT2D eigenvalue weighted by molar-refractivity contribution is -0.112. The largest absolute Gasteiger partial charge is 0.496 e. The third-order valence-electron chi connectivity index (χ3n) is 5.25. The van der Waals surface area contributed by atoms with E-state index in [1.807, 2.05) is 68.4 Å². The van der Waals surface area contributed by atoms with E-state index >= 15 is 0 Å². The Balaban J connectivity index is 1.91. The van der Waals surface area contributed by atoms with Crippen molar-refractivity contribution in [2.75, 3.05) is 12.4 Å². The van der Waals surface area contributed by atoms with Gasteiger partial charge in [-0.05, 0) is 66.4 Å². The Morgan fingerprint density at radius 3 is 2.62 bits per heavy atom. The molecule has 4 nitrogen and oxygen atoms in total. The number of ether oxygens (including phenoxy) is 1. The number of nitrogens with zero attached hydrogens (tertiary/aromatic N) is 1. The number of methoxy groups -OCH3 is 1. The smallest absolute Gasteiger partial charge is 0.266 e. The van der Waals surface area contributed by atoms with E-state index in [-0.39, 0.29) is 5.57 Å². The molecular formula is C26H22BrClN2O2. The molecule has 6 heteroatoms. The highest BCUT2D eigenvalue weighted by molar-refractivity contribution is 9.10. The van der Waals surface area contributed by atoms with Gasteiger partial charge < -0.3 is 10.1 Å². The predicted molar refractivity (Wildman–Crippen MR) is 133 cm³/mol. The van der Waals surface area contributed by atoms with Gasteiger partial charge in [0.05, 0.1) is 7.11 Å². The van der Waals surface area contributed by atoms with E-state index in [9.17, 15) is 10.1 Å². The lowest BCUT2D eigenvalue weighted by Gasteiger charge is -2.14. The van der Waals surface area contributed by atoms with Crippen molar-refractivity contribution in [3.63, 3.8) is 0 Å². The molecule has 162 valence electrons. The molecular weight excluding hydrogens is 488 g/mol. The summed E-state index contributed by atoms with van der Waals surface area (Å²) in [6.45, 7) is 3.90. The second-order valence-corrected chi connectivity index (χ2v) is 8.58. The summed E-state index contributed by atoms with van der Waals surface area (Å²) >= 11 is 9.92. The van der Waals surface area contributed by atoms with Crippen molar-refractivity contribution in [1.82, 2.24) is 0 Å². The first-order valence-electron chi connectivity index (χ1n) is 9.93. The van der Waals surface area contributed by atoms with Crippen molar-refractivity contribution in [2.24, 2.45) is 0 Å². The van der Waals surface area contributed by atoms with E-state index in [1.165, 1.54) is 0 Å². The first-order chi connectivity index (χ1) is 15.3. The van der Waals surface area contributed by atoms with Gasteiger partial charge in [-0.25, -0.2) is 0 Å². The van der Waals surface area contributed by atoms with Gasteiger partial charge in [0.15, 0.2) is 0 Å². The maximum absolute atomic E-state index is 12.7. The van der Waals surface area contributed by atoms with Crippen molar-refractivity contribution < 1.29 is 9.53 Å². The molecule has 0 aliphatic rings. The summed E-state index contributed by atoms with van der Waals surface area (Å²) in [5.74, 6) is 0.175. The minimum absolute atomic E-state index is 0.00119. The minimum atomic E-state index is -0.462. The second-order valence-electron chi connectivity index (χ2n) is 7.32. The number of hydrogen-bond donors (Lipinski definition) is 1. The van der Waals surface area contributed by atoms with Crippen LogP contribution in [0.1, 0.15) is 27.8 Å². The van der Waals surface area contributed by atoms with Crippen LogP contribution in [0.4, 0.5) is 5.69 Å². The fraction of sp³-hybridized carbons (Fsp3) is 0.154. The maximum Gasteiger partial charge on any atom is 0.266 e. The van der Waals surface area contributed by atoms with Gasteiger partial charge in [-0.15, -0.1) is 0 Å². The molecule has 0 aliphatic carbocycles. The van der Waals surface area contributed by atoms with Gasteiger partial charge in [-0.1, -0.05) is 57.9 Å². The van der Waals surface area contributed by atoms with Crippen LogP contribution in [0.15, 0.2) is 64.6 Å². The molecule has 3 aromatic rings. The van der Waals surface area contributed by atoms with Gasteiger partial charge >= 0.3 is 0 Å². The van der Waals surface area contributed by atoms with E-state index in [1.54, 1.807) is 19.3 Å². The molecule has 0 aliphatic heterocycles. The zero-order valence-electron chi connectivity index (χ0n) is 18.0.